The van der Waals surface area contributed by atoms with Crippen LogP contribution in [0.3, 0.4) is 0 Å². The number of aryl methyl sites for hydroxylation is 5. The normalized spacial score (nSPS) is 13.3. The minimum absolute atomic E-state index is 0.150. The highest BCUT2D eigenvalue weighted by atomic mass is 32.1. The number of hydrogen-bond acceptors (Lipinski definition) is 5. The molecule has 0 saturated carbocycles. The first-order chi connectivity index (χ1) is 15.9. The van der Waals surface area contributed by atoms with Crippen molar-refractivity contribution in [3.63, 3.8) is 0 Å². The Kier molecular flexibility index (Phi) is 5.62. The molecule has 5 rings (SSSR count). The third-order valence-electron chi connectivity index (χ3n) is 6.55. The molecule has 3 aromatic heterocycles. The van der Waals surface area contributed by atoms with Crippen LogP contribution < -0.4 is 10.9 Å². The fourth-order valence-corrected chi connectivity index (χ4v) is 5.57. The number of thiazole rings is 1. The molecular formula is C25H27N5O2S. The zero-order chi connectivity index (χ0) is 23.1. The number of nitrogens with one attached hydrogen (secondary N) is 2. The summed E-state index contributed by atoms with van der Waals surface area (Å²) in [5.74, 6) is -0.150. The maximum absolute atomic E-state index is 12.6. The van der Waals surface area contributed by atoms with Gasteiger partial charge < -0.3 is 10.3 Å². The number of aromatic amines is 1. The molecule has 33 heavy (non-hydrogen) atoms. The van der Waals surface area contributed by atoms with Crippen LogP contribution in [0, 0.1) is 13.8 Å². The summed E-state index contributed by atoms with van der Waals surface area (Å²) in [6.45, 7) is 3.85. The molecule has 8 heteroatoms. The van der Waals surface area contributed by atoms with Gasteiger partial charge in [0, 0.05) is 35.4 Å². The fourth-order valence-electron chi connectivity index (χ4n) is 4.83. The molecule has 3 heterocycles. The molecule has 4 aromatic rings. The van der Waals surface area contributed by atoms with Crippen molar-refractivity contribution in [1.82, 2.24) is 19.7 Å². The van der Waals surface area contributed by atoms with Gasteiger partial charge in [0.1, 0.15) is 5.65 Å². The Hall–Kier alpha value is -3.26. The first-order valence-corrected chi connectivity index (χ1v) is 12.2. The molecule has 2 N–H and O–H groups in total. The topological polar surface area (TPSA) is 92.7 Å². The van der Waals surface area contributed by atoms with E-state index >= 15 is 0 Å². The van der Waals surface area contributed by atoms with Gasteiger partial charge in [-0.1, -0.05) is 12.1 Å². The summed E-state index contributed by atoms with van der Waals surface area (Å²) in [4.78, 5) is 32.7. The van der Waals surface area contributed by atoms with Crippen molar-refractivity contribution >= 4 is 33.4 Å². The maximum atomic E-state index is 12.6. The smallest absolute Gasteiger partial charge is 0.253 e. The summed E-state index contributed by atoms with van der Waals surface area (Å²) < 4.78 is 1.68. The molecule has 0 fully saturated rings. The monoisotopic (exact) mass is 461 g/mol. The number of pyridine rings is 1. The molecule has 0 spiro atoms. The maximum Gasteiger partial charge on any atom is 0.253 e. The van der Waals surface area contributed by atoms with Gasteiger partial charge in [-0.05, 0) is 68.7 Å². The summed E-state index contributed by atoms with van der Waals surface area (Å²) in [7, 11) is 1.81. The SMILES string of the molecule is Cc1nn(C)c2[nH]c(=O)c(CCC(=O)Nc3nc(-c4ccc5c(c4)CCCC5)cs3)c(C)c12. The van der Waals surface area contributed by atoms with Crippen molar-refractivity contribution in [3.05, 3.63) is 61.9 Å². The minimum Gasteiger partial charge on any atom is -0.307 e. The van der Waals surface area contributed by atoms with Crippen LogP contribution in [-0.2, 0) is 31.1 Å². The van der Waals surface area contributed by atoms with E-state index in [1.54, 1.807) is 4.68 Å². The zero-order valence-corrected chi connectivity index (χ0v) is 19.9. The van der Waals surface area contributed by atoms with Crippen LogP contribution >= 0.6 is 11.3 Å². The van der Waals surface area contributed by atoms with Crippen LogP contribution in [0.4, 0.5) is 5.13 Å². The number of hydrogen-bond donors (Lipinski definition) is 2. The van der Waals surface area contributed by atoms with Gasteiger partial charge in [0.15, 0.2) is 5.13 Å². The third kappa shape index (κ3) is 4.11. The number of benzene rings is 1. The minimum atomic E-state index is -0.167. The van der Waals surface area contributed by atoms with Gasteiger partial charge in [0.25, 0.3) is 5.56 Å². The predicted molar refractivity (Wildman–Crippen MR) is 132 cm³/mol. The number of amides is 1. The van der Waals surface area contributed by atoms with E-state index in [4.69, 9.17) is 0 Å². The summed E-state index contributed by atoms with van der Waals surface area (Å²) in [5.41, 5.74) is 7.75. The molecular weight excluding hydrogens is 434 g/mol. The van der Waals surface area contributed by atoms with Gasteiger partial charge in [0.2, 0.25) is 5.91 Å². The van der Waals surface area contributed by atoms with Gasteiger partial charge in [-0.25, -0.2) is 4.98 Å². The Morgan fingerprint density at radius 3 is 2.82 bits per heavy atom. The van der Waals surface area contributed by atoms with Crippen molar-refractivity contribution in [3.8, 4) is 11.3 Å². The second-order valence-electron chi connectivity index (χ2n) is 8.77. The standard InChI is InChI=1S/C25H27N5O2S/c1-14-19(24(32)28-23-22(14)15(2)29-30(23)3)10-11-21(31)27-25-26-20(13-33-25)18-9-8-16-6-4-5-7-17(16)12-18/h8-9,12-13H,4-7,10-11H2,1-3H3,(H,28,32)(H,26,27,31). The second-order valence-corrected chi connectivity index (χ2v) is 9.63. The van der Waals surface area contributed by atoms with E-state index in [2.05, 4.69) is 38.6 Å². The van der Waals surface area contributed by atoms with Crippen LogP contribution in [0.25, 0.3) is 22.3 Å². The number of aromatic nitrogens is 4. The second kappa shape index (κ2) is 8.59. The Morgan fingerprint density at radius 1 is 1.21 bits per heavy atom. The summed E-state index contributed by atoms with van der Waals surface area (Å²) in [5, 5.41) is 10.8. The Morgan fingerprint density at radius 2 is 2.00 bits per heavy atom. The Bertz CT molecular complexity index is 1430. The molecule has 0 bridgehead atoms. The van der Waals surface area contributed by atoms with Gasteiger partial charge in [-0.3, -0.25) is 14.3 Å². The van der Waals surface area contributed by atoms with E-state index in [-0.39, 0.29) is 17.9 Å². The number of carbonyl (C=O) groups excluding carboxylic acids is 1. The lowest BCUT2D eigenvalue weighted by atomic mass is 9.90. The van der Waals surface area contributed by atoms with Crippen LogP contribution in [0.15, 0.2) is 28.4 Å². The quantitative estimate of drug-likeness (QED) is 0.459. The molecule has 0 saturated heterocycles. The van der Waals surface area contributed by atoms with E-state index in [0.29, 0.717) is 22.8 Å². The van der Waals surface area contributed by atoms with Crippen LogP contribution in [0.1, 0.15) is 47.2 Å². The van der Waals surface area contributed by atoms with Gasteiger partial charge in [0.05, 0.1) is 11.4 Å². The van der Waals surface area contributed by atoms with Crippen LogP contribution in [0.2, 0.25) is 0 Å². The number of nitrogens with zero attached hydrogens (tertiary/aromatic N) is 3. The number of fused-ring (bicyclic) bond motifs is 2. The van der Waals surface area contributed by atoms with Gasteiger partial charge in [-0.2, -0.15) is 5.10 Å². The molecule has 7 nitrogen and oxygen atoms in total. The van der Waals surface area contributed by atoms with Gasteiger partial charge in [-0.15, -0.1) is 11.3 Å². The molecule has 0 atom stereocenters. The highest BCUT2D eigenvalue weighted by molar-refractivity contribution is 7.14. The van der Waals surface area contributed by atoms with E-state index < -0.39 is 0 Å². The number of rotatable bonds is 5. The van der Waals surface area contributed by atoms with Crippen LogP contribution in [0.5, 0.6) is 0 Å². The predicted octanol–water partition coefficient (Wildman–Crippen LogP) is 4.45. The van der Waals surface area contributed by atoms with Crippen molar-refractivity contribution < 1.29 is 4.79 Å². The molecule has 1 aliphatic carbocycles. The first-order valence-electron chi connectivity index (χ1n) is 11.3. The Balaban J connectivity index is 1.28. The lowest BCUT2D eigenvalue weighted by Gasteiger charge is -2.16. The lowest BCUT2D eigenvalue weighted by Crippen LogP contribution is -2.19. The first kappa shape index (κ1) is 21.6. The lowest BCUT2D eigenvalue weighted by molar-refractivity contribution is -0.116. The largest absolute Gasteiger partial charge is 0.307 e. The van der Waals surface area contributed by atoms with Crippen LogP contribution in [-0.4, -0.2) is 25.7 Å². The summed E-state index contributed by atoms with van der Waals surface area (Å²) in [6.07, 6.45) is 5.36. The van der Waals surface area contributed by atoms with Crippen molar-refractivity contribution in [2.24, 2.45) is 7.05 Å². The number of H-pyrrole nitrogens is 1. The van der Waals surface area contributed by atoms with E-state index in [9.17, 15) is 9.59 Å². The molecule has 170 valence electrons. The van der Waals surface area contributed by atoms with Crippen molar-refractivity contribution in [2.75, 3.05) is 5.32 Å². The summed E-state index contributed by atoms with van der Waals surface area (Å²) >= 11 is 1.42. The van der Waals surface area contributed by atoms with Gasteiger partial charge >= 0.3 is 0 Å². The highest BCUT2D eigenvalue weighted by Gasteiger charge is 2.17. The average molecular weight is 462 g/mol. The molecule has 1 aliphatic rings. The number of anilines is 1. The van der Waals surface area contributed by atoms with E-state index in [0.717, 1.165) is 40.7 Å². The molecule has 0 aliphatic heterocycles. The van der Waals surface area contributed by atoms with Crippen molar-refractivity contribution in [2.45, 2.75) is 52.4 Å². The fraction of sp³-hybridized carbons (Fsp3) is 0.360. The molecule has 1 amide bonds. The van der Waals surface area contributed by atoms with Crippen molar-refractivity contribution in [1.29, 1.82) is 0 Å². The van der Waals surface area contributed by atoms with E-state index in [1.165, 1.54) is 35.3 Å². The summed E-state index contributed by atoms with van der Waals surface area (Å²) in [6, 6.07) is 6.57. The average Bonchev–Trinajstić information content (AvgIpc) is 3.37. The molecule has 0 unspecified atom stereocenters. The number of carbonyl (C=O) groups is 1. The molecule has 0 radical (unpaired) electrons. The van der Waals surface area contributed by atoms with E-state index in [1.807, 2.05) is 26.3 Å². The Labute approximate surface area is 195 Å². The molecule has 1 aromatic carbocycles. The third-order valence-corrected chi connectivity index (χ3v) is 7.31. The highest BCUT2D eigenvalue weighted by Crippen LogP contribution is 2.30. The zero-order valence-electron chi connectivity index (χ0n) is 19.1.